The Kier molecular flexibility index (Phi) is 5.00. The van der Waals surface area contributed by atoms with Gasteiger partial charge in [0.15, 0.2) is 5.69 Å². The lowest BCUT2D eigenvalue weighted by molar-refractivity contribution is -0.0415. The first-order valence-corrected chi connectivity index (χ1v) is 7.96. The van der Waals surface area contributed by atoms with Gasteiger partial charge in [0.2, 0.25) is 0 Å². The van der Waals surface area contributed by atoms with Gasteiger partial charge in [-0.05, 0) is 43.5 Å². The van der Waals surface area contributed by atoms with E-state index in [1.807, 2.05) is 0 Å². The number of aromatic nitrogens is 3. The number of carbonyl (C=O) groups excluding carboxylic acids is 1. The van der Waals surface area contributed by atoms with Crippen molar-refractivity contribution >= 4 is 5.91 Å². The minimum atomic E-state index is -0.774. The van der Waals surface area contributed by atoms with E-state index in [-0.39, 0.29) is 23.7 Å². The molecule has 3 rings (SSSR count). The van der Waals surface area contributed by atoms with Crippen LogP contribution in [0.4, 0.5) is 0 Å². The first kappa shape index (κ1) is 16.3. The van der Waals surface area contributed by atoms with Crippen molar-refractivity contribution in [3.05, 3.63) is 48.5 Å². The third-order valence-corrected chi connectivity index (χ3v) is 4.29. The van der Waals surface area contributed by atoms with E-state index in [0.29, 0.717) is 5.75 Å². The number of hydrogen-bond acceptors (Lipinski definition) is 6. The molecule has 1 aliphatic carbocycles. The molecule has 0 bridgehead atoms. The number of hydrogen-bond donors (Lipinski definition) is 1. The van der Waals surface area contributed by atoms with Crippen LogP contribution in [0.15, 0.2) is 42.9 Å². The molecule has 1 aliphatic rings. The number of aliphatic hydroxyl groups is 1. The standard InChI is InChI=1S/C17H20N4O3/c1-21(17(23)13-6-4-10-19-20-13)14-7-2-8-15(16(14)22)24-12-5-3-9-18-11-12/h3-6,9-11,14-16,22H,2,7-8H2,1H3/t14-,15-,16-/m1/s1. The molecule has 0 saturated heterocycles. The monoisotopic (exact) mass is 328 g/mol. The number of carbonyl (C=O) groups is 1. The van der Waals surface area contributed by atoms with Crippen molar-refractivity contribution in [2.75, 3.05) is 7.05 Å². The number of nitrogens with zero attached hydrogens (tertiary/aromatic N) is 4. The van der Waals surface area contributed by atoms with Gasteiger partial charge in [-0.3, -0.25) is 9.78 Å². The molecule has 7 nitrogen and oxygen atoms in total. The molecule has 2 aromatic rings. The van der Waals surface area contributed by atoms with Gasteiger partial charge in [0, 0.05) is 19.4 Å². The predicted octanol–water partition coefficient (Wildman–Crippen LogP) is 1.30. The normalized spacial score (nSPS) is 23.5. The van der Waals surface area contributed by atoms with Crippen LogP contribution in [0, 0.1) is 0 Å². The summed E-state index contributed by atoms with van der Waals surface area (Å²) in [5.74, 6) is 0.360. The van der Waals surface area contributed by atoms with Gasteiger partial charge in [-0.1, -0.05) is 0 Å². The van der Waals surface area contributed by atoms with Crippen molar-refractivity contribution in [3.63, 3.8) is 0 Å². The van der Waals surface area contributed by atoms with Gasteiger partial charge < -0.3 is 14.7 Å². The Morgan fingerprint density at radius 2 is 2.12 bits per heavy atom. The Morgan fingerprint density at radius 1 is 1.29 bits per heavy atom. The van der Waals surface area contributed by atoms with Crippen molar-refractivity contribution in [1.29, 1.82) is 0 Å². The van der Waals surface area contributed by atoms with E-state index in [1.165, 1.54) is 11.1 Å². The first-order valence-electron chi connectivity index (χ1n) is 7.96. The molecule has 3 atom stereocenters. The SMILES string of the molecule is CN(C(=O)c1cccnn1)[C@@H]1CCC[C@@H](Oc2cccnc2)[C@@H]1O. The molecule has 1 saturated carbocycles. The minimum Gasteiger partial charge on any atom is -0.486 e. The molecule has 0 aliphatic heterocycles. The van der Waals surface area contributed by atoms with E-state index >= 15 is 0 Å². The molecule has 0 aromatic carbocycles. The summed E-state index contributed by atoms with van der Waals surface area (Å²) in [7, 11) is 1.68. The van der Waals surface area contributed by atoms with Gasteiger partial charge >= 0.3 is 0 Å². The highest BCUT2D eigenvalue weighted by atomic mass is 16.5. The summed E-state index contributed by atoms with van der Waals surface area (Å²) in [5, 5.41) is 18.3. The number of aliphatic hydroxyl groups excluding tert-OH is 1. The van der Waals surface area contributed by atoms with E-state index in [4.69, 9.17) is 4.74 Å². The molecule has 0 spiro atoms. The average molecular weight is 328 g/mol. The number of ether oxygens (including phenoxy) is 1. The third kappa shape index (κ3) is 3.51. The maximum absolute atomic E-state index is 12.5. The van der Waals surface area contributed by atoms with Crippen molar-refractivity contribution in [2.45, 2.75) is 37.5 Å². The highest BCUT2D eigenvalue weighted by Gasteiger charge is 2.37. The van der Waals surface area contributed by atoms with Crippen LogP contribution in [0.5, 0.6) is 5.75 Å². The lowest BCUT2D eigenvalue weighted by Gasteiger charge is -2.39. The number of rotatable bonds is 4. The van der Waals surface area contributed by atoms with Crippen LogP contribution < -0.4 is 4.74 Å². The third-order valence-electron chi connectivity index (χ3n) is 4.29. The number of pyridine rings is 1. The molecular formula is C17H20N4O3. The lowest BCUT2D eigenvalue weighted by atomic mass is 9.88. The molecule has 0 unspecified atom stereocenters. The maximum atomic E-state index is 12.5. The molecule has 24 heavy (non-hydrogen) atoms. The Hall–Kier alpha value is -2.54. The lowest BCUT2D eigenvalue weighted by Crippen LogP contribution is -2.53. The summed E-state index contributed by atoms with van der Waals surface area (Å²) in [6.45, 7) is 0. The van der Waals surface area contributed by atoms with Gasteiger partial charge in [0.1, 0.15) is 18.0 Å². The van der Waals surface area contributed by atoms with Crippen molar-refractivity contribution in [1.82, 2.24) is 20.1 Å². The Bertz CT molecular complexity index is 668. The van der Waals surface area contributed by atoms with Crippen LogP contribution in [0.3, 0.4) is 0 Å². The van der Waals surface area contributed by atoms with Crippen LogP contribution in [0.25, 0.3) is 0 Å². The summed E-state index contributed by atoms with van der Waals surface area (Å²) >= 11 is 0. The molecule has 126 valence electrons. The Balaban J connectivity index is 1.70. The molecule has 2 heterocycles. The zero-order valence-electron chi connectivity index (χ0n) is 13.4. The second kappa shape index (κ2) is 7.35. The van der Waals surface area contributed by atoms with Gasteiger partial charge in [-0.15, -0.1) is 5.10 Å². The highest BCUT2D eigenvalue weighted by molar-refractivity contribution is 5.92. The quantitative estimate of drug-likeness (QED) is 0.910. The maximum Gasteiger partial charge on any atom is 0.274 e. The largest absolute Gasteiger partial charge is 0.486 e. The topological polar surface area (TPSA) is 88.4 Å². The van der Waals surface area contributed by atoms with Crippen LogP contribution >= 0.6 is 0 Å². The zero-order chi connectivity index (χ0) is 16.9. The second-order valence-electron chi connectivity index (χ2n) is 5.86. The fourth-order valence-corrected chi connectivity index (χ4v) is 3.01. The molecule has 1 N–H and O–H groups in total. The van der Waals surface area contributed by atoms with E-state index < -0.39 is 6.10 Å². The number of amides is 1. The smallest absolute Gasteiger partial charge is 0.274 e. The van der Waals surface area contributed by atoms with Crippen LogP contribution in [-0.2, 0) is 0 Å². The highest BCUT2D eigenvalue weighted by Crippen LogP contribution is 2.27. The summed E-state index contributed by atoms with van der Waals surface area (Å²) in [5.41, 5.74) is 0.266. The fourth-order valence-electron chi connectivity index (χ4n) is 3.01. The number of likely N-dealkylation sites (N-methyl/N-ethyl adjacent to an activating group) is 1. The van der Waals surface area contributed by atoms with Crippen molar-refractivity contribution in [2.24, 2.45) is 0 Å². The summed E-state index contributed by atoms with van der Waals surface area (Å²) in [6, 6.07) is 6.54. The summed E-state index contributed by atoms with van der Waals surface area (Å²) in [6.07, 6.45) is 5.98. The Morgan fingerprint density at radius 3 is 2.83 bits per heavy atom. The first-order chi connectivity index (χ1) is 11.7. The zero-order valence-corrected chi connectivity index (χ0v) is 13.4. The molecule has 1 fully saturated rings. The van der Waals surface area contributed by atoms with Crippen LogP contribution in [0.1, 0.15) is 29.8 Å². The fraction of sp³-hybridized carbons (Fsp3) is 0.412. The molecule has 2 aromatic heterocycles. The van der Waals surface area contributed by atoms with E-state index in [1.54, 1.807) is 43.7 Å². The van der Waals surface area contributed by atoms with E-state index in [2.05, 4.69) is 15.2 Å². The summed E-state index contributed by atoms with van der Waals surface area (Å²) < 4.78 is 5.85. The van der Waals surface area contributed by atoms with Gasteiger partial charge in [-0.25, -0.2) is 0 Å². The molecular weight excluding hydrogens is 308 g/mol. The Labute approximate surface area is 140 Å². The van der Waals surface area contributed by atoms with Crippen molar-refractivity contribution < 1.29 is 14.6 Å². The molecule has 0 radical (unpaired) electrons. The second-order valence-corrected chi connectivity index (χ2v) is 5.86. The van der Waals surface area contributed by atoms with E-state index in [0.717, 1.165) is 19.3 Å². The van der Waals surface area contributed by atoms with Crippen LogP contribution in [-0.4, -0.2) is 56.4 Å². The van der Waals surface area contributed by atoms with Gasteiger partial charge in [0.25, 0.3) is 5.91 Å². The minimum absolute atomic E-state index is 0.255. The summed E-state index contributed by atoms with van der Waals surface area (Å²) in [4.78, 5) is 18.1. The van der Waals surface area contributed by atoms with Gasteiger partial charge in [0.05, 0.1) is 12.2 Å². The molecule has 7 heteroatoms. The molecule has 1 amide bonds. The predicted molar refractivity (Wildman–Crippen MR) is 86.4 cm³/mol. The van der Waals surface area contributed by atoms with Crippen LogP contribution in [0.2, 0.25) is 0 Å². The van der Waals surface area contributed by atoms with Gasteiger partial charge in [-0.2, -0.15) is 5.10 Å². The van der Waals surface area contributed by atoms with E-state index in [9.17, 15) is 9.90 Å². The average Bonchev–Trinajstić information content (AvgIpc) is 2.64. The van der Waals surface area contributed by atoms with Crippen molar-refractivity contribution in [3.8, 4) is 5.75 Å².